The van der Waals surface area contributed by atoms with E-state index < -0.39 is 0 Å². The summed E-state index contributed by atoms with van der Waals surface area (Å²) in [6.07, 6.45) is 0.233. The molecule has 1 aliphatic rings. The third kappa shape index (κ3) is 5.78. The SMILES string of the molecule is CC1CN(c2ccc(NC(=O)N(C)CCOc3ccc(Cl)cc3)cc2)CCO1. The first-order valence-corrected chi connectivity index (χ1v) is 9.76. The molecule has 28 heavy (non-hydrogen) atoms. The lowest BCUT2D eigenvalue weighted by Crippen LogP contribution is -2.41. The Labute approximate surface area is 171 Å². The highest BCUT2D eigenvalue weighted by atomic mass is 35.5. The van der Waals surface area contributed by atoms with Gasteiger partial charge in [0.2, 0.25) is 0 Å². The van der Waals surface area contributed by atoms with E-state index in [9.17, 15) is 4.79 Å². The second-order valence-corrected chi connectivity index (χ2v) is 7.26. The highest BCUT2D eigenvalue weighted by Gasteiger charge is 2.17. The van der Waals surface area contributed by atoms with Gasteiger partial charge in [0.1, 0.15) is 12.4 Å². The van der Waals surface area contributed by atoms with Gasteiger partial charge in [-0.05, 0) is 55.5 Å². The normalized spacial score (nSPS) is 16.5. The second-order valence-electron chi connectivity index (χ2n) is 6.83. The Balaban J connectivity index is 1.44. The van der Waals surface area contributed by atoms with Gasteiger partial charge in [0, 0.05) is 36.5 Å². The van der Waals surface area contributed by atoms with E-state index in [2.05, 4.69) is 17.1 Å². The molecule has 1 aliphatic heterocycles. The number of urea groups is 1. The molecule has 0 aromatic heterocycles. The van der Waals surface area contributed by atoms with Crippen molar-refractivity contribution >= 4 is 29.0 Å². The van der Waals surface area contributed by atoms with E-state index in [0.29, 0.717) is 18.2 Å². The van der Waals surface area contributed by atoms with Crippen molar-refractivity contribution in [2.24, 2.45) is 0 Å². The molecule has 1 saturated heterocycles. The van der Waals surface area contributed by atoms with Gasteiger partial charge in [-0.15, -0.1) is 0 Å². The van der Waals surface area contributed by atoms with Crippen molar-refractivity contribution in [1.82, 2.24) is 4.90 Å². The monoisotopic (exact) mass is 403 g/mol. The number of hydrogen-bond donors (Lipinski definition) is 1. The van der Waals surface area contributed by atoms with Crippen LogP contribution in [0.5, 0.6) is 5.75 Å². The zero-order chi connectivity index (χ0) is 19.9. The van der Waals surface area contributed by atoms with E-state index in [1.165, 1.54) is 0 Å². The van der Waals surface area contributed by atoms with Gasteiger partial charge in [-0.3, -0.25) is 0 Å². The Kier molecular flexibility index (Phi) is 7.01. The van der Waals surface area contributed by atoms with Crippen LogP contribution in [-0.4, -0.2) is 56.9 Å². The predicted octanol–water partition coefficient (Wildman–Crippen LogP) is 4.11. The van der Waals surface area contributed by atoms with Crippen molar-refractivity contribution in [3.8, 4) is 5.75 Å². The summed E-state index contributed by atoms with van der Waals surface area (Å²) in [6.45, 7) is 5.45. The quantitative estimate of drug-likeness (QED) is 0.788. The molecule has 150 valence electrons. The highest BCUT2D eigenvalue weighted by molar-refractivity contribution is 6.30. The number of ether oxygens (including phenoxy) is 2. The minimum atomic E-state index is -0.174. The minimum absolute atomic E-state index is 0.174. The molecule has 7 heteroatoms. The van der Waals surface area contributed by atoms with E-state index in [0.717, 1.165) is 36.8 Å². The molecule has 0 radical (unpaired) electrons. The summed E-state index contributed by atoms with van der Waals surface area (Å²) in [5.41, 5.74) is 1.90. The number of nitrogens with one attached hydrogen (secondary N) is 1. The predicted molar refractivity (Wildman–Crippen MR) is 113 cm³/mol. The molecule has 1 heterocycles. The maximum absolute atomic E-state index is 12.3. The van der Waals surface area contributed by atoms with Crippen LogP contribution >= 0.6 is 11.6 Å². The fraction of sp³-hybridized carbons (Fsp3) is 0.381. The van der Waals surface area contributed by atoms with E-state index >= 15 is 0 Å². The van der Waals surface area contributed by atoms with Crippen LogP contribution in [0.15, 0.2) is 48.5 Å². The van der Waals surface area contributed by atoms with Crippen LogP contribution in [0.2, 0.25) is 5.02 Å². The summed E-state index contributed by atoms with van der Waals surface area (Å²) < 4.78 is 11.2. The van der Waals surface area contributed by atoms with Crippen LogP contribution < -0.4 is 15.0 Å². The number of anilines is 2. The molecule has 2 amide bonds. The van der Waals surface area contributed by atoms with Crippen LogP contribution in [-0.2, 0) is 4.74 Å². The Morgan fingerprint density at radius 1 is 1.25 bits per heavy atom. The number of carbonyl (C=O) groups excluding carboxylic acids is 1. The van der Waals surface area contributed by atoms with Gasteiger partial charge < -0.3 is 24.6 Å². The Morgan fingerprint density at radius 3 is 2.64 bits per heavy atom. The molecular weight excluding hydrogens is 378 g/mol. The van der Waals surface area contributed by atoms with Gasteiger partial charge in [0.05, 0.1) is 19.3 Å². The molecule has 1 unspecified atom stereocenters. The van der Waals surface area contributed by atoms with Crippen molar-refractivity contribution in [3.05, 3.63) is 53.6 Å². The lowest BCUT2D eigenvalue weighted by Gasteiger charge is -2.33. The molecule has 0 bridgehead atoms. The Hall–Kier alpha value is -2.44. The first-order chi connectivity index (χ1) is 13.5. The average Bonchev–Trinajstić information content (AvgIpc) is 2.70. The van der Waals surface area contributed by atoms with Gasteiger partial charge in [-0.25, -0.2) is 4.79 Å². The van der Waals surface area contributed by atoms with Crippen LogP contribution in [0.25, 0.3) is 0 Å². The number of rotatable bonds is 6. The minimum Gasteiger partial charge on any atom is -0.492 e. The molecule has 2 aromatic carbocycles. The highest BCUT2D eigenvalue weighted by Crippen LogP contribution is 2.20. The van der Waals surface area contributed by atoms with Gasteiger partial charge in [0.25, 0.3) is 0 Å². The lowest BCUT2D eigenvalue weighted by atomic mass is 10.2. The molecule has 1 atom stereocenters. The first kappa shape index (κ1) is 20.3. The zero-order valence-electron chi connectivity index (χ0n) is 16.2. The molecule has 0 spiro atoms. The molecule has 6 nitrogen and oxygen atoms in total. The number of carbonyl (C=O) groups is 1. The van der Waals surface area contributed by atoms with Crippen molar-refractivity contribution in [2.75, 3.05) is 50.1 Å². The topological polar surface area (TPSA) is 54.0 Å². The summed E-state index contributed by atoms with van der Waals surface area (Å²) in [4.78, 5) is 16.2. The summed E-state index contributed by atoms with van der Waals surface area (Å²) in [5, 5.41) is 3.57. The fourth-order valence-corrected chi connectivity index (χ4v) is 3.09. The van der Waals surface area contributed by atoms with Gasteiger partial charge in [0.15, 0.2) is 0 Å². The molecule has 0 saturated carbocycles. The maximum atomic E-state index is 12.3. The van der Waals surface area contributed by atoms with Crippen LogP contribution in [0, 0.1) is 0 Å². The number of halogens is 1. The number of nitrogens with zero attached hydrogens (tertiary/aromatic N) is 2. The standard InChI is InChI=1S/C21H26ClN3O3/c1-16-15-25(12-14-27-16)19-7-5-18(6-8-19)23-21(26)24(2)11-13-28-20-9-3-17(22)4-10-20/h3-10,16H,11-15H2,1-2H3,(H,23,26). The molecular formula is C21H26ClN3O3. The molecule has 3 rings (SSSR count). The smallest absolute Gasteiger partial charge is 0.321 e. The fourth-order valence-electron chi connectivity index (χ4n) is 2.96. The van der Waals surface area contributed by atoms with Gasteiger partial charge in [-0.1, -0.05) is 11.6 Å². The summed E-state index contributed by atoms with van der Waals surface area (Å²) in [6, 6.07) is 14.9. The zero-order valence-corrected chi connectivity index (χ0v) is 17.0. The van der Waals surface area contributed by atoms with Crippen molar-refractivity contribution < 1.29 is 14.3 Å². The lowest BCUT2D eigenvalue weighted by molar-refractivity contribution is 0.0532. The third-order valence-corrected chi connectivity index (χ3v) is 4.83. The molecule has 0 aliphatic carbocycles. The first-order valence-electron chi connectivity index (χ1n) is 9.38. The van der Waals surface area contributed by atoms with E-state index in [1.54, 1.807) is 36.2 Å². The molecule has 1 N–H and O–H groups in total. The number of hydrogen-bond acceptors (Lipinski definition) is 4. The van der Waals surface area contributed by atoms with Crippen LogP contribution in [0.1, 0.15) is 6.92 Å². The largest absolute Gasteiger partial charge is 0.492 e. The molecule has 1 fully saturated rings. The number of amides is 2. The van der Waals surface area contributed by atoms with E-state index in [4.69, 9.17) is 21.1 Å². The summed E-state index contributed by atoms with van der Waals surface area (Å²) >= 11 is 5.85. The van der Waals surface area contributed by atoms with Crippen molar-refractivity contribution in [1.29, 1.82) is 0 Å². The van der Waals surface area contributed by atoms with E-state index in [1.807, 2.05) is 24.3 Å². The maximum Gasteiger partial charge on any atom is 0.321 e. The molecule has 2 aromatic rings. The van der Waals surface area contributed by atoms with Gasteiger partial charge >= 0.3 is 6.03 Å². The number of benzene rings is 2. The van der Waals surface area contributed by atoms with E-state index in [-0.39, 0.29) is 12.1 Å². The number of likely N-dealkylation sites (N-methyl/N-ethyl adjacent to an activating group) is 1. The average molecular weight is 404 g/mol. The third-order valence-electron chi connectivity index (χ3n) is 4.58. The van der Waals surface area contributed by atoms with Crippen LogP contribution in [0.4, 0.5) is 16.2 Å². The summed E-state index contributed by atoms with van der Waals surface area (Å²) in [7, 11) is 1.74. The van der Waals surface area contributed by atoms with Crippen molar-refractivity contribution in [3.63, 3.8) is 0 Å². The van der Waals surface area contributed by atoms with Crippen LogP contribution in [0.3, 0.4) is 0 Å². The number of morpholine rings is 1. The Bertz CT molecular complexity index is 767. The second kappa shape index (κ2) is 9.66. The Morgan fingerprint density at radius 2 is 1.96 bits per heavy atom. The summed E-state index contributed by atoms with van der Waals surface area (Å²) in [5.74, 6) is 0.728. The van der Waals surface area contributed by atoms with Crippen molar-refractivity contribution in [2.45, 2.75) is 13.0 Å². The van der Waals surface area contributed by atoms with Gasteiger partial charge in [-0.2, -0.15) is 0 Å².